The van der Waals surface area contributed by atoms with E-state index >= 15 is 0 Å². The summed E-state index contributed by atoms with van der Waals surface area (Å²) < 4.78 is 2.20. The van der Waals surface area contributed by atoms with Crippen LogP contribution in [0.3, 0.4) is 0 Å². The van der Waals surface area contributed by atoms with Crippen LogP contribution >= 0.6 is 12.6 Å². The molecule has 0 radical (unpaired) electrons. The largest absolute Gasteiger partial charge is 0.313 e. The van der Waals surface area contributed by atoms with Gasteiger partial charge in [-0.25, -0.2) is 9.55 Å². The Bertz CT molecular complexity index is 701. The van der Waals surface area contributed by atoms with Gasteiger partial charge in [0.2, 0.25) is 0 Å². The van der Waals surface area contributed by atoms with Gasteiger partial charge < -0.3 is 0 Å². The fourth-order valence-electron chi connectivity index (χ4n) is 2.23. The zero-order valence-corrected chi connectivity index (χ0v) is 11.1. The summed E-state index contributed by atoms with van der Waals surface area (Å²) in [4.78, 5) is 3.29. The van der Waals surface area contributed by atoms with E-state index in [0.717, 1.165) is 17.2 Å². The first-order chi connectivity index (χ1) is 8.75. The maximum absolute atomic E-state index is 4.53. The van der Waals surface area contributed by atoms with Gasteiger partial charge in [0.05, 0.1) is 0 Å². The molecule has 0 amide bonds. The first-order valence-corrected chi connectivity index (χ1v) is 6.44. The molecule has 0 unspecified atom stereocenters. The molecule has 0 saturated carbocycles. The molecule has 0 fully saturated rings. The number of aryl methyl sites for hydroxylation is 1. The molecule has 1 heterocycles. The van der Waals surface area contributed by atoms with Crippen LogP contribution < -0.4 is 4.57 Å². The average molecular weight is 255 g/mol. The zero-order chi connectivity index (χ0) is 12.5. The minimum absolute atomic E-state index is 0.843. The molecular weight excluding hydrogens is 240 g/mol. The number of nitrogens with zero attached hydrogens (tertiary/aromatic N) is 1. The van der Waals surface area contributed by atoms with Crippen LogP contribution in [0.1, 0.15) is 11.1 Å². The number of aromatic amines is 1. The smallest absolute Gasteiger partial charge is 0.231 e. The Morgan fingerprint density at radius 1 is 1.06 bits per heavy atom. The van der Waals surface area contributed by atoms with Gasteiger partial charge in [0.15, 0.2) is 11.0 Å². The SMILES string of the molecule is Cc1ccccc1C[n+]1c(S)[nH]c2ccccc21. The van der Waals surface area contributed by atoms with Crippen LogP contribution in [0.5, 0.6) is 0 Å². The molecule has 3 aromatic rings. The number of aromatic nitrogens is 2. The van der Waals surface area contributed by atoms with Crippen LogP contribution in [-0.4, -0.2) is 4.98 Å². The lowest BCUT2D eigenvalue weighted by atomic mass is 10.1. The van der Waals surface area contributed by atoms with E-state index in [1.54, 1.807) is 0 Å². The highest BCUT2D eigenvalue weighted by molar-refractivity contribution is 7.80. The summed E-state index contributed by atoms with van der Waals surface area (Å²) >= 11 is 4.53. The molecular formula is C15H15N2S+. The van der Waals surface area contributed by atoms with E-state index in [2.05, 4.69) is 71.6 Å². The fourth-order valence-corrected chi connectivity index (χ4v) is 2.53. The highest BCUT2D eigenvalue weighted by Gasteiger charge is 2.15. The quantitative estimate of drug-likeness (QED) is 0.518. The third kappa shape index (κ3) is 1.91. The number of thiol groups is 1. The Balaban J connectivity index is 2.10. The molecule has 3 rings (SSSR count). The molecule has 0 aliphatic heterocycles. The maximum Gasteiger partial charge on any atom is 0.313 e. The molecule has 2 aromatic carbocycles. The molecule has 0 aliphatic carbocycles. The molecule has 1 N–H and O–H groups in total. The topological polar surface area (TPSA) is 19.7 Å². The second-order valence-corrected chi connectivity index (χ2v) is 4.90. The number of H-pyrrole nitrogens is 1. The van der Waals surface area contributed by atoms with E-state index < -0.39 is 0 Å². The fraction of sp³-hybridized carbons (Fsp3) is 0.133. The highest BCUT2D eigenvalue weighted by atomic mass is 32.1. The summed E-state index contributed by atoms with van der Waals surface area (Å²) in [5.74, 6) is 0. The lowest BCUT2D eigenvalue weighted by Gasteiger charge is -2.03. The lowest BCUT2D eigenvalue weighted by Crippen LogP contribution is -2.35. The first-order valence-electron chi connectivity index (χ1n) is 6.00. The Morgan fingerprint density at radius 2 is 1.78 bits per heavy atom. The average Bonchev–Trinajstić information content (AvgIpc) is 2.69. The third-order valence-electron chi connectivity index (χ3n) is 3.29. The Labute approximate surface area is 112 Å². The van der Waals surface area contributed by atoms with Crippen molar-refractivity contribution in [3.8, 4) is 0 Å². The molecule has 3 heteroatoms. The van der Waals surface area contributed by atoms with Crippen LogP contribution in [0.25, 0.3) is 11.0 Å². The number of imidazole rings is 1. The van der Waals surface area contributed by atoms with Crippen LogP contribution in [-0.2, 0) is 6.54 Å². The van der Waals surface area contributed by atoms with Crippen LogP contribution in [0.15, 0.2) is 53.7 Å². The van der Waals surface area contributed by atoms with Gasteiger partial charge in [-0.05, 0) is 30.2 Å². The number of benzene rings is 2. The second kappa shape index (κ2) is 4.50. The molecule has 90 valence electrons. The van der Waals surface area contributed by atoms with Gasteiger partial charge in [0.25, 0.3) is 0 Å². The monoisotopic (exact) mass is 255 g/mol. The van der Waals surface area contributed by atoms with Crippen molar-refractivity contribution in [2.45, 2.75) is 18.6 Å². The molecule has 18 heavy (non-hydrogen) atoms. The third-order valence-corrected chi connectivity index (χ3v) is 3.64. The summed E-state index contributed by atoms with van der Waals surface area (Å²) in [6.07, 6.45) is 0. The maximum atomic E-state index is 4.53. The van der Waals surface area contributed by atoms with E-state index in [0.29, 0.717) is 0 Å². The van der Waals surface area contributed by atoms with E-state index in [1.807, 2.05) is 6.07 Å². The van der Waals surface area contributed by atoms with Gasteiger partial charge in [-0.3, -0.25) is 0 Å². The van der Waals surface area contributed by atoms with Crippen LogP contribution in [0.4, 0.5) is 0 Å². The zero-order valence-electron chi connectivity index (χ0n) is 10.2. The number of nitrogens with one attached hydrogen (secondary N) is 1. The normalized spacial score (nSPS) is 11.0. The van der Waals surface area contributed by atoms with Crippen molar-refractivity contribution in [2.75, 3.05) is 0 Å². The minimum atomic E-state index is 0.843. The molecule has 0 spiro atoms. The standard InChI is InChI=1S/C15H14N2S/c1-11-6-2-3-7-12(11)10-17-14-9-5-4-8-13(14)16-15(17)18/h2-9H,10H2,1H3,(H,16,18)/p+1. The van der Waals surface area contributed by atoms with Crippen LogP contribution in [0.2, 0.25) is 0 Å². The minimum Gasteiger partial charge on any atom is -0.231 e. The van der Waals surface area contributed by atoms with Crippen molar-refractivity contribution < 1.29 is 4.57 Å². The van der Waals surface area contributed by atoms with Gasteiger partial charge in [-0.1, -0.05) is 49.0 Å². The summed E-state index contributed by atoms with van der Waals surface area (Å²) in [7, 11) is 0. The van der Waals surface area contributed by atoms with E-state index in [1.165, 1.54) is 16.6 Å². The second-order valence-electron chi connectivity index (χ2n) is 4.48. The highest BCUT2D eigenvalue weighted by Crippen LogP contribution is 2.13. The summed E-state index contributed by atoms with van der Waals surface area (Å²) in [6.45, 7) is 2.98. The summed E-state index contributed by atoms with van der Waals surface area (Å²) in [5.41, 5.74) is 4.94. The van der Waals surface area contributed by atoms with Crippen molar-refractivity contribution in [1.29, 1.82) is 0 Å². The van der Waals surface area contributed by atoms with E-state index in [4.69, 9.17) is 0 Å². The van der Waals surface area contributed by atoms with Gasteiger partial charge in [-0.2, -0.15) is 0 Å². The van der Waals surface area contributed by atoms with Gasteiger partial charge in [0, 0.05) is 0 Å². The summed E-state index contributed by atoms with van der Waals surface area (Å²) in [6, 6.07) is 16.7. The van der Waals surface area contributed by atoms with Crippen molar-refractivity contribution in [1.82, 2.24) is 4.98 Å². The molecule has 2 nitrogen and oxygen atoms in total. The van der Waals surface area contributed by atoms with Gasteiger partial charge in [0.1, 0.15) is 6.54 Å². The van der Waals surface area contributed by atoms with Gasteiger partial charge >= 0.3 is 5.16 Å². The van der Waals surface area contributed by atoms with Crippen molar-refractivity contribution in [3.05, 3.63) is 59.7 Å². The molecule has 0 atom stereocenters. The predicted octanol–water partition coefficient (Wildman–Crippen LogP) is 3.10. The first kappa shape index (κ1) is 11.4. The van der Waals surface area contributed by atoms with Crippen molar-refractivity contribution in [2.24, 2.45) is 0 Å². The van der Waals surface area contributed by atoms with E-state index in [9.17, 15) is 0 Å². The molecule has 1 aromatic heterocycles. The van der Waals surface area contributed by atoms with Gasteiger partial charge in [-0.15, -0.1) is 0 Å². The molecule has 0 saturated heterocycles. The Morgan fingerprint density at radius 3 is 2.61 bits per heavy atom. The molecule has 0 bridgehead atoms. The number of para-hydroxylation sites is 2. The Kier molecular flexibility index (Phi) is 2.84. The number of rotatable bonds is 2. The van der Waals surface area contributed by atoms with E-state index in [-0.39, 0.29) is 0 Å². The van der Waals surface area contributed by atoms with Crippen molar-refractivity contribution in [3.63, 3.8) is 0 Å². The molecule has 0 aliphatic rings. The number of hydrogen-bond acceptors (Lipinski definition) is 1. The van der Waals surface area contributed by atoms with Crippen molar-refractivity contribution >= 4 is 23.7 Å². The Hall–Kier alpha value is -1.74. The number of hydrogen-bond donors (Lipinski definition) is 2. The van der Waals surface area contributed by atoms with Crippen LogP contribution in [0, 0.1) is 6.92 Å². The predicted molar refractivity (Wildman–Crippen MR) is 76.0 cm³/mol. The lowest BCUT2D eigenvalue weighted by molar-refractivity contribution is -0.699. The summed E-state index contributed by atoms with van der Waals surface area (Å²) in [5, 5.41) is 0.888. The number of fused-ring (bicyclic) bond motifs is 1.